The van der Waals surface area contributed by atoms with E-state index < -0.39 is 34.1 Å². The van der Waals surface area contributed by atoms with Crippen LogP contribution in [-0.2, 0) is 26.2 Å². The Morgan fingerprint density at radius 2 is 1.82 bits per heavy atom. The minimum Gasteiger partial charge on any atom is -0.497 e. The summed E-state index contributed by atoms with van der Waals surface area (Å²) in [5.74, 6) is 0.168. The number of carbonyl (C=O) groups excluding carboxylic acids is 2. The van der Waals surface area contributed by atoms with Crippen molar-refractivity contribution in [2.45, 2.75) is 63.6 Å². The third-order valence-corrected chi connectivity index (χ3v) is 6.17. The van der Waals surface area contributed by atoms with Crippen molar-refractivity contribution in [2.75, 3.05) is 13.7 Å². The van der Waals surface area contributed by atoms with Crippen LogP contribution in [0.4, 0.5) is 0 Å². The number of ether oxygens (including phenoxy) is 1. The average Bonchev–Trinajstić information content (AvgIpc) is 3.26. The van der Waals surface area contributed by atoms with E-state index >= 15 is 0 Å². The molecule has 2 N–H and O–H groups in total. The van der Waals surface area contributed by atoms with Gasteiger partial charge in [0, 0.05) is 5.54 Å². The molecule has 0 spiro atoms. The average molecular weight is 480 g/mol. The largest absolute Gasteiger partial charge is 0.497 e. The molecule has 0 saturated carbocycles. The monoisotopic (exact) mass is 479 g/mol. The molecule has 10 heteroatoms. The van der Waals surface area contributed by atoms with Crippen LogP contribution < -0.4 is 14.8 Å². The Balaban J connectivity index is 2.23. The standard InChI is InChI=1S/C23H33N3O6S/c1-6-8-20(22(28)25-23(2,3)4)26(16-18-9-7-14-32-18)21(27)15-24-33(29,30)19-12-10-17(31-5)11-13-19/h7,9-14,20,24H,6,8,15-16H2,1-5H3,(H,25,28)/t20-/m1/s1. The maximum atomic E-state index is 13.2. The predicted molar refractivity (Wildman–Crippen MR) is 124 cm³/mol. The van der Waals surface area contributed by atoms with Crippen LogP contribution in [0.15, 0.2) is 52.0 Å². The van der Waals surface area contributed by atoms with Crippen molar-refractivity contribution in [3.8, 4) is 5.75 Å². The molecule has 2 amide bonds. The van der Waals surface area contributed by atoms with Gasteiger partial charge in [-0.1, -0.05) is 13.3 Å². The van der Waals surface area contributed by atoms with Gasteiger partial charge in [0.05, 0.1) is 31.4 Å². The SMILES string of the molecule is CCC[C@H](C(=O)NC(C)(C)C)N(Cc1ccco1)C(=O)CNS(=O)(=O)c1ccc(OC)cc1. The molecule has 0 radical (unpaired) electrons. The molecule has 1 heterocycles. The quantitative estimate of drug-likeness (QED) is 0.512. The highest BCUT2D eigenvalue weighted by molar-refractivity contribution is 7.89. The smallest absolute Gasteiger partial charge is 0.243 e. The third-order valence-electron chi connectivity index (χ3n) is 4.75. The van der Waals surface area contributed by atoms with Crippen molar-refractivity contribution in [1.29, 1.82) is 0 Å². The Kier molecular flexibility index (Phi) is 9.07. The fourth-order valence-electron chi connectivity index (χ4n) is 3.19. The number of rotatable bonds is 11. The first-order valence-electron chi connectivity index (χ1n) is 10.7. The molecular weight excluding hydrogens is 446 g/mol. The van der Waals surface area contributed by atoms with E-state index in [1.54, 1.807) is 12.1 Å². The molecule has 1 atom stereocenters. The number of hydrogen-bond donors (Lipinski definition) is 2. The van der Waals surface area contributed by atoms with Gasteiger partial charge in [0.1, 0.15) is 17.6 Å². The maximum absolute atomic E-state index is 13.2. The van der Waals surface area contributed by atoms with E-state index in [2.05, 4.69) is 10.0 Å². The van der Waals surface area contributed by atoms with Crippen LogP contribution in [0.1, 0.15) is 46.3 Å². The summed E-state index contributed by atoms with van der Waals surface area (Å²) in [6.45, 7) is 7.02. The molecule has 0 unspecified atom stereocenters. The highest BCUT2D eigenvalue weighted by Crippen LogP contribution is 2.17. The lowest BCUT2D eigenvalue weighted by Gasteiger charge is -2.33. The van der Waals surface area contributed by atoms with Gasteiger partial charge in [-0.05, 0) is 63.6 Å². The van der Waals surface area contributed by atoms with E-state index in [-0.39, 0.29) is 17.3 Å². The van der Waals surface area contributed by atoms with E-state index in [0.717, 1.165) is 0 Å². The first-order valence-corrected chi connectivity index (χ1v) is 12.2. The molecule has 0 aliphatic heterocycles. The molecule has 0 fully saturated rings. The molecule has 2 rings (SSSR count). The summed E-state index contributed by atoms with van der Waals surface area (Å²) < 4.78 is 38.1. The van der Waals surface area contributed by atoms with Gasteiger partial charge in [0.25, 0.3) is 0 Å². The van der Waals surface area contributed by atoms with Crippen LogP contribution in [0, 0.1) is 0 Å². The summed E-state index contributed by atoms with van der Waals surface area (Å²) in [6.07, 6.45) is 2.55. The van der Waals surface area contributed by atoms with Gasteiger partial charge in [0.2, 0.25) is 21.8 Å². The minimum absolute atomic E-state index is 0.00395. The Labute approximate surface area is 195 Å². The lowest BCUT2D eigenvalue weighted by atomic mass is 10.0. The van der Waals surface area contributed by atoms with Crippen molar-refractivity contribution >= 4 is 21.8 Å². The first-order chi connectivity index (χ1) is 15.5. The van der Waals surface area contributed by atoms with E-state index in [9.17, 15) is 18.0 Å². The molecule has 1 aromatic carbocycles. The van der Waals surface area contributed by atoms with Crippen LogP contribution in [0.2, 0.25) is 0 Å². The second-order valence-electron chi connectivity index (χ2n) is 8.64. The number of nitrogens with zero attached hydrogens (tertiary/aromatic N) is 1. The number of benzene rings is 1. The van der Waals surface area contributed by atoms with Crippen molar-refractivity contribution in [1.82, 2.24) is 14.9 Å². The summed E-state index contributed by atoms with van der Waals surface area (Å²) >= 11 is 0. The van der Waals surface area contributed by atoms with Gasteiger partial charge < -0.3 is 19.4 Å². The number of methoxy groups -OCH3 is 1. The Morgan fingerprint density at radius 1 is 1.15 bits per heavy atom. The Morgan fingerprint density at radius 3 is 2.33 bits per heavy atom. The zero-order valence-corrected chi connectivity index (χ0v) is 20.6. The predicted octanol–water partition coefficient (Wildman–Crippen LogP) is 2.68. The maximum Gasteiger partial charge on any atom is 0.243 e. The van der Waals surface area contributed by atoms with Crippen LogP contribution >= 0.6 is 0 Å². The summed E-state index contributed by atoms with van der Waals surface area (Å²) in [4.78, 5) is 27.6. The molecule has 9 nitrogen and oxygen atoms in total. The fourth-order valence-corrected chi connectivity index (χ4v) is 4.17. The third kappa shape index (κ3) is 7.90. The van der Waals surface area contributed by atoms with Crippen molar-refractivity contribution in [3.63, 3.8) is 0 Å². The van der Waals surface area contributed by atoms with Crippen molar-refractivity contribution in [3.05, 3.63) is 48.4 Å². The fraction of sp³-hybridized carbons (Fsp3) is 0.478. The molecule has 0 bridgehead atoms. The molecule has 182 valence electrons. The first kappa shape index (κ1) is 26.4. The highest BCUT2D eigenvalue weighted by atomic mass is 32.2. The number of carbonyl (C=O) groups is 2. The van der Waals surface area contributed by atoms with Gasteiger partial charge in [-0.3, -0.25) is 9.59 Å². The van der Waals surface area contributed by atoms with Gasteiger partial charge >= 0.3 is 0 Å². The molecular formula is C23H33N3O6S. The van der Waals surface area contributed by atoms with E-state index in [1.165, 1.54) is 42.5 Å². The number of sulfonamides is 1. The number of furan rings is 1. The molecule has 0 saturated heterocycles. The van der Waals surface area contributed by atoms with E-state index in [1.807, 2.05) is 27.7 Å². The van der Waals surface area contributed by atoms with Gasteiger partial charge in [-0.25, -0.2) is 13.1 Å². The number of amides is 2. The van der Waals surface area contributed by atoms with Crippen LogP contribution in [0.3, 0.4) is 0 Å². The molecule has 1 aromatic heterocycles. The molecule has 0 aliphatic rings. The zero-order valence-electron chi connectivity index (χ0n) is 19.8. The summed E-state index contributed by atoms with van der Waals surface area (Å²) in [5, 5.41) is 2.91. The minimum atomic E-state index is -3.94. The Hall–Kier alpha value is -2.85. The van der Waals surface area contributed by atoms with Gasteiger partial charge in [-0.2, -0.15) is 0 Å². The molecule has 2 aromatic rings. The van der Waals surface area contributed by atoms with Crippen LogP contribution in [0.5, 0.6) is 5.75 Å². The normalized spacial score (nSPS) is 12.8. The summed E-state index contributed by atoms with van der Waals surface area (Å²) in [7, 11) is -2.46. The van der Waals surface area contributed by atoms with Gasteiger partial charge in [0.15, 0.2) is 0 Å². The van der Waals surface area contributed by atoms with Crippen molar-refractivity contribution < 1.29 is 27.2 Å². The van der Waals surface area contributed by atoms with Crippen LogP contribution in [-0.4, -0.2) is 50.4 Å². The lowest BCUT2D eigenvalue weighted by Crippen LogP contribution is -2.55. The molecule has 33 heavy (non-hydrogen) atoms. The second-order valence-corrected chi connectivity index (χ2v) is 10.4. The Bertz CT molecular complexity index is 1010. The second kappa shape index (κ2) is 11.3. The van der Waals surface area contributed by atoms with Gasteiger partial charge in [-0.15, -0.1) is 0 Å². The summed E-state index contributed by atoms with van der Waals surface area (Å²) in [6, 6.07) is 8.44. The van der Waals surface area contributed by atoms with E-state index in [4.69, 9.17) is 9.15 Å². The molecule has 0 aliphatic carbocycles. The van der Waals surface area contributed by atoms with Crippen molar-refractivity contribution in [2.24, 2.45) is 0 Å². The summed E-state index contributed by atoms with van der Waals surface area (Å²) in [5.41, 5.74) is -0.488. The van der Waals surface area contributed by atoms with E-state index in [0.29, 0.717) is 24.4 Å². The van der Waals surface area contributed by atoms with Crippen LogP contribution in [0.25, 0.3) is 0 Å². The number of nitrogens with one attached hydrogen (secondary N) is 2. The zero-order chi connectivity index (χ0) is 24.6. The topological polar surface area (TPSA) is 118 Å². The number of hydrogen-bond acceptors (Lipinski definition) is 6. The highest BCUT2D eigenvalue weighted by Gasteiger charge is 2.32. The lowest BCUT2D eigenvalue weighted by molar-refractivity contribution is -0.141.